The first-order chi connectivity index (χ1) is 9.46. The van der Waals surface area contributed by atoms with E-state index in [0.717, 1.165) is 45.0 Å². The Morgan fingerprint density at radius 2 is 2.00 bits per heavy atom. The van der Waals surface area contributed by atoms with Crippen molar-refractivity contribution in [2.75, 3.05) is 44.8 Å². The number of ether oxygens (including phenoxy) is 1. The van der Waals surface area contributed by atoms with E-state index in [0.29, 0.717) is 12.6 Å². The van der Waals surface area contributed by atoms with E-state index in [-0.39, 0.29) is 5.75 Å². The molecule has 0 spiro atoms. The molecule has 1 heterocycles. The zero-order valence-electron chi connectivity index (χ0n) is 12.8. The fourth-order valence-electron chi connectivity index (χ4n) is 2.21. The lowest BCUT2D eigenvalue weighted by molar-refractivity contribution is 0.0264. The minimum absolute atomic E-state index is 0.0945. The Kier molecular flexibility index (Phi) is 7.29. The van der Waals surface area contributed by atoms with Crippen LogP contribution < -0.4 is 5.32 Å². The van der Waals surface area contributed by atoms with Gasteiger partial charge in [-0.3, -0.25) is 4.99 Å². The average Bonchev–Trinajstić information content (AvgIpc) is 2.38. The molecule has 0 bridgehead atoms. The number of piperidine rings is 1. The molecule has 0 radical (unpaired) electrons. The highest BCUT2D eigenvalue weighted by Gasteiger charge is 2.21. The summed E-state index contributed by atoms with van der Waals surface area (Å²) in [6.45, 7) is 7.68. The zero-order valence-corrected chi connectivity index (χ0v) is 13.6. The molecule has 0 unspecified atom stereocenters. The van der Waals surface area contributed by atoms with Crippen molar-refractivity contribution in [1.29, 1.82) is 0 Å². The maximum absolute atomic E-state index is 11.1. The Morgan fingerprint density at radius 1 is 1.35 bits per heavy atom. The van der Waals surface area contributed by atoms with Crippen LogP contribution in [0, 0.1) is 0 Å². The average molecular weight is 305 g/mol. The van der Waals surface area contributed by atoms with Crippen molar-refractivity contribution >= 4 is 15.8 Å². The molecule has 1 rings (SSSR count). The Morgan fingerprint density at radius 3 is 2.50 bits per heavy atom. The lowest BCUT2D eigenvalue weighted by Gasteiger charge is -2.34. The third kappa shape index (κ3) is 6.56. The maximum Gasteiger partial charge on any atom is 0.193 e. The van der Waals surface area contributed by atoms with Gasteiger partial charge in [-0.05, 0) is 26.7 Å². The summed E-state index contributed by atoms with van der Waals surface area (Å²) >= 11 is 0. The van der Waals surface area contributed by atoms with E-state index in [1.165, 1.54) is 6.26 Å². The molecule has 0 aromatic carbocycles. The minimum Gasteiger partial charge on any atom is -0.378 e. The maximum atomic E-state index is 11.1. The summed E-state index contributed by atoms with van der Waals surface area (Å²) in [4.78, 5) is 6.59. The van der Waals surface area contributed by atoms with Crippen LogP contribution in [-0.4, -0.2) is 70.2 Å². The van der Waals surface area contributed by atoms with Crippen LogP contribution in [0.3, 0.4) is 0 Å². The molecule has 0 amide bonds. The predicted octanol–water partition coefficient (Wildman–Crippen LogP) is 0.497. The van der Waals surface area contributed by atoms with Crippen molar-refractivity contribution < 1.29 is 13.2 Å². The Balaban J connectivity index is 2.52. The molecule has 20 heavy (non-hydrogen) atoms. The first kappa shape index (κ1) is 17.2. The van der Waals surface area contributed by atoms with Crippen molar-refractivity contribution in [3.63, 3.8) is 0 Å². The first-order valence-electron chi connectivity index (χ1n) is 7.28. The number of likely N-dealkylation sites (tertiary alicyclic amines) is 1. The number of nitrogens with zero attached hydrogens (tertiary/aromatic N) is 2. The van der Waals surface area contributed by atoms with Crippen molar-refractivity contribution in [1.82, 2.24) is 10.2 Å². The Labute approximate surface area is 122 Å². The van der Waals surface area contributed by atoms with Gasteiger partial charge in [-0.25, -0.2) is 8.42 Å². The zero-order chi connectivity index (χ0) is 15.0. The third-order valence-corrected chi connectivity index (χ3v) is 4.13. The molecular formula is C13H27N3O3S. The minimum atomic E-state index is -2.95. The summed E-state index contributed by atoms with van der Waals surface area (Å²) in [5.41, 5.74) is 0. The molecule has 7 heteroatoms. The molecule has 1 N–H and O–H groups in total. The predicted molar refractivity (Wildman–Crippen MR) is 81.9 cm³/mol. The summed E-state index contributed by atoms with van der Waals surface area (Å²) in [6, 6.07) is 0. The van der Waals surface area contributed by atoms with Crippen LogP contribution in [0.1, 0.15) is 26.7 Å². The van der Waals surface area contributed by atoms with Gasteiger partial charge in [0.2, 0.25) is 0 Å². The standard InChI is InChI=1S/C13H27N3O3S/c1-4-14-13(15-8-11-20(3,17)18)16-9-6-12(7-10-16)19-5-2/h12H,4-11H2,1-3H3,(H,14,15). The summed E-state index contributed by atoms with van der Waals surface area (Å²) in [7, 11) is -2.95. The fraction of sp³-hybridized carbons (Fsp3) is 0.923. The second-order valence-corrected chi connectivity index (χ2v) is 7.27. The van der Waals surface area contributed by atoms with Gasteiger partial charge in [0.05, 0.1) is 18.4 Å². The molecule has 0 saturated carbocycles. The number of hydrogen-bond acceptors (Lipinski definition) is 4. The highest BCUT2D eigenvalue weighted by molar-refractivity contribution is 7.90. The van der Waals surface area contributed by atoms with Crippen LogP contribution in [0.4, 0.5) is 0 Å². The van der Waals surface area contributed by atoms with Crippen LogP contribution in [0.25, 0.3) is 0 Å². The molecule has 0 aromatic rings. The molecule has 0 atom stereocenters. The smallest absolute Gasteiger partial charge is 0.193 e. The Bertz CT molecular complexity index is 401. The van der Waals surface area contributed by atoms with E-state index >= 15 is 0 Å². The molecule has 1 saturated heterocycles. The molecule has 0 aliphatic carbocycles. The van der Waals surface area contributed by atoms with Crippen LogP contribution in [-0.2, 0) is 14.6 Å². The van der Waals surface area contributed by atoms with Crippen molar-refractivity contribution in [3.05, 3.63) is 0 Å². The van der Waals surface area contributed by atoms with E-state index in [9.17, 15) is 8.42 Å². The van der Waals surface area contributed by atoms with Gasteiger partial charge in [0.15, 0.2) is 5.96 Å². The highest BCUT2D eigenvalue weighted by atomic mass is 32.2. The summed E-state index contributed by atoms with van der Waals surface area (Å²) in [6.07, 6.45) is 3.56. The lowest BCUT2D eigenvalue weighted by Crippen LogP contribution is -2.47. The number of rotatable bonds is 6. The van der Waals surface area contributed by atoms with Gasteiger partial charge in [-0.15, -0.1) is 0 Å². The Hall–Kier alpha value is -0.820. The largest absolute Gasteiger partial charge is 0.378 e. The van der Waals surface area contributed by atoms with Gasteiger partial charge < -0.3 is 15.0 Å². The van der Waals surface area contributed by atoms with E-state index in [2.05, 4.69) is 15.2 Å². The second kappa shape index (κ2) is 8.46. The monoisotopic (exact) mass is 305 g/mol. The molecular weight excluding hydrogens is 278 g/mol. The van der Waals surface area contributed by atoms with Crippen molar-refractivity contribution in [3.8, 4) is 0 Å². The molecule has 1 aliphatic heterocycles. The number of aliphatic imine (C=N–C) groups is 1. The molecule has 6 nitrogen and oxygen atoms in total. The van der Waals surface area contributed by atoms with Gasteiger partial charge in [0.25, 0.3) is 0 Å². The van der Waals surface area contributed by atoms with Crippen LogP contribution in [0.5, 0.6) is 0 Å². The quantitative estimate of drug-likeness (QED) is 0.571. The van der Waals surface area contributed by atoms with Gasteiger partial charge >= 0.3 is 0 Å². The topological polar surface area (TPSA) is 71.0 Å². The van der Waals surface area contributed by atoms with Crippen LogP contribution in [0.15, 0.2) is 4.99 Å². The molecule has 118 valence electrons. The van der Waals surface area contributed by atoms with Crippen LogP contribution >= 0.6 is 0 Å². The normalized spacial score (nSPS) is 18.4. The van der Waals surface area contributed by atoms with Gasteiger partial charge in [0.1, 0.15) is 9.84 Å². The molecule has 1 fully saturated rings. The number of nitrogens with one attached hydrogen (secondary N) is 1. The van der Waals surface area contributed by atoms with Gasteiger partial charge in [0, 0.05) is 32.5 Å². The second-order valence-electron chi connectivity index (χ2n) is 5.01. The lowest BCUT2D eigenvalue weighted by atomic mass is 10.1. The van der Waals surface area contributed by atoms with Crippen molar-refractivity contribution in [2.24, 2.45) is 4.99 Å². The van der Waals surface area contributed by atoms with E-state index in [4.69, 9.17) is 4.74 Å². The SMILES string of the molecule is CCNC(=NCCS(C)(=O)=O)N1CCC(OCC)CC1. The third-order valence-electron chi connectivity index (χ3n) is 3.20. The van der Waals surface area contributed by atoms with Crippen molar-refractivity contribution in [2.45, 2.75) is 32.8 Å². The van der Waals surface area contributed by atoms with Gasteiger partial charge in [-0.1, -0.05) is 0 Å². The number of guanidine groups is 1. The fourth-order valence-corrected chi connectivity index (χ4v) is 2.64. The summed E-state index contributed by atoms with van der Waals surface area (Å²) < 4.78 is 27.9. The number of sulfone groups is 1. The molecule has 1 aliphatic rings. The highest BCUT2D eigenvalue weighted by Crippen LogP contribution is 2.13. The summed E-state index contributed by atoms with van der Waals surface area (Å²) in [5, 5.41) is 3.23. The van der Waals surface area contributed by atoms with E-state index < -0.39 is 9.84 Å². The van der Waals surface area contributed by atoms with Gasteiger partial charge in [-0.2, -0.15) is 0 Å². The van der Waals surface area contributed by atoms with Crippen LogP contribution in [0.2, 0.25) is 0 Å². The first-order valence-corrected chi connectivity index (χ1v) is 9.35. The number of hydrogen-bond donors (Lipinski definition) is 1. The molecule has 0 aromatic heterocycles. The van der Waals surface area contributed by atoms with E-state index in [1.54, 1.807) is 0 Å². The summed E-state index contributed by atoms with van der Waals surface area (Å²) in [5.74, 6) is 0.906. The van der Waals surface area contributed by atoms with E-state index in [1.807, 2.05) is 13.8 Å².